The molecule has 0 saturated carbocycles. The maximum Gasteiger partial charge on any atom is 0.338 e. The Morgan fingerprint density at radius 1 is 0.969 bits per heavy atom. The summed E-state index contributed by atoms with van der Waals surface area (Å²) in [6, 6.07) is 17.1. The van der Waals surface area contributed by atoms with E-state index in [1.165, 1.54) is 18.2 Å². The zero-order chi connectivity index (χ0) is 23.3. The zero-order valence-corrected chi connectivity index (χ0v) is 19.0. The summed E-state index contributed by atoms with van der Waals surface area (Å²) < 4.78 is 33.0. The van der Waals surface area contributed by atoms with E-state index in [9.17, 15) is 18.0 Å². The van der Waals surface area contributed by atoms with E-state index in [1.807, 2.05) is 0 Å². The number of carbonyl (C=O) groups excluding carboxylic acids is 2. The van der Waals surface area contributed by atoms with Crippen molar-refractivity contribution in [2.24, 2.45) is 0 Å². The maximum atomic E-state index is 12.8. The Hall–Kier alpha value is -3.36. The fraction of sp³-hybridized carbons (Fsp3) is 0.130. The van der Waals surface area contributed by atoms with Crippen LogP contribution in [0.1, 0.15) is 33.2 Å². The van der Waals surface area contributed by atoms with Gasteiger partial charge in [-0.25, -0.2) is 13.2 Å². The lowest BCUT2D eigenvalue weighted by atomic mass is 10.1. The number of ether oxygens (including phenoxy) is 1. The number of halogens is 1. The van der Waals surface area contributed by atoms with Crippen LogP contribution in [0.5, 0.6) is 0 Å². The first kappa shape index (κ1) is 23.3. The number of aryl methyl sites for hydroxylation is 1. The fourth-order valence-corrected chi connectivity index (χ4v) is 4.49. The van der Waals surface area contributed by atoms with Crippen LogP contribution in [0, 0.1) is 6.92 Å². The predicted octanol–water partition coefficient (Wildman–Crippen LogP) is 4.88. The number of para-hydroxylation sites is 1. The molecular formula is C23H21ClN2O5S. The highest BCUT2D eigenvalue weighted by molar-refractivity contribution is 7.92. The summed E-state index contributed by atoms with van der Waals surface area (Å²) in [7, 11) is -4.02. The molecule has 2 N–H and O–H groups in total. The SMILES string of the molecule is CCOC(=O)c1ccc(NC(=O)c2ccc(Cl)c(S(=O)(=O)Nc3ccccc3)c2)c(C)c1. The van der Waals surface area contributed by atoms with Gasteiger partial charge in [-0.15, -0.1) is 0 Å². The van der Waals surface area contributed by atoms with Crippen molar-refractivity contribution in [3.63, 3.8) is 0 Å². The van der Waals surface area contributed by atoms with Gasteiger partial charge in [0.15, 0.2) is 0 Å². The highest BCUT2D eigenvalue weighted by atomic mass is 35.5. The molecule has 0 radical (unpaired) electrons. The molecule has 0 aromatic heterocycles. The Labute approximate surface area is 191 Å². The standard InChI is InChI=1S/C23H21ClN2O5S/c1-3-31-23(28)17-10-12-20(15(2)13-17)25-22(27)16-9-11-19(24)21(14-16)32(29,30)26-18-7-5-4-6-8-18/h4-14,26H,3H2,1-2H3,(H,25,27). The normalized spacial score (nSPS) is 11.0. The summed E-state index contributed by atoms with van der Waals surface area (Å²) in [6.45, 7) is 3.71. The Morgan fingerprint density at radius 2 is 1.66 bits per heavy atom. The fourth-order valence-electron chi connectivity index (χ4n) is 2.91. The van der Waals surface area contributed by atoms with Gasteiger partial charge in [-0.1, -0.05) is 29.8 Å². The van der Waals surface area contributed by atoms with Crippen molar-refractivity contribution in [3.05, 3.63) is 88.4 Å². The van der Waals surface area contributed by atoms with Gasteiger partial charge in [-0.2, -0.15) is 0 Å². The number of benzene rings is 3. The number of hydrogen-bond acceptors (Lipinski definition) is 5. The van der Waals surface area contributed by atoms with Gasteiger partial charge in [-0.3, -0.25) is 9.52 Å². The minimum atomic E-state index is -4.02. The molecule has 9 heteroatoms. The lowest BCUT2D eigenvalue weighted by Crippen LogP contribution is -2.17. The third-order valence-corrected chi connectivity index (χ3v) is 6.36. The largest absolute Gasteiger partial charge is 0.462 e. The minimum absolute atomic E-state index is 0.0139. The highest BCUT2D eigenvalue weighted by Gasteiger charge is 2.21. The van der Waals surface area contributed by atoms with Crippen LogP contribution in [0.25, 0.3) is 0 Å². The van der Waals surface area contributed by atoms with E-state index in [0.29, 0.717) is 22.5 Å². The molecule has 0 bridgehead atoms. The molecule has 0 spiro atoms. The van der Waals surface area contributed by atoms with Crippen molar-refractivity contribution >= 4 is 44.9 Å². The third-order valence-electron chi connectivity index (χ3n) is 4.49. The first-order valence-corrected chi connectivity index (χ1v) is 11.5. The molecule has 0 aliphatic rings. The number of esters is 1. The van der Waals surface area contributed by atoms with Gasteiger partial charge in [0.05, 0.1) is 17.2 Å². The molecule has 0 atom stereocenters. The number of carbonyl (C=O) groups is 2. The number of hydrogen-bond donors (Lipinski definition) is 2. The lowest BCUT2D eigenvalue weighted by molar-refractivity contribution is 0.0526. The Balaban J connectivity index is 1.83. The summed E-state index contributed by atoms with van der Waals surface area (Å²) in [5.74, 6) is -0.975. The number of sulfonamides is 1. The van der Waals surface area contributed by atoms with E-state index in [2.05, 4.69) is 10.0 Å². The Kier molecular flexibility index (Phi) is 7.17. The lowest BCUT2D eigenvalue weighted by Gasteiger charge is -2.13. The molecule has 32 heavy (non-hydrogen) atoms. The Morgan fingerprint density at radius 3 is 2.31 bits per heavy atom. The van der Waals surface area contributed by atoms with Gasteiger partial charge >= 0.3 is 5.97 Å². The van der Waals surface area contributed by atoms with Crippen LogP contribution in [-0.4, -0.2) is 26.9 Å². The molecule has 3 aromatic carbocycles. The monoisotopic (exact) mass is 472 g/mol. The van der Waals surface area contributed by atoms with Crippen molar-refractivity contribution in [2.75, 3.05) is 16.6 Å². The third kappa shape index (κ3) is 5.46. The van der Waals surface area contributed by atoms with Crippen LogP contribution < -0.4 is 10.0 Å². The molecule has 0 aliphatic carbocycles. The molecule has 3 aromatic rings. The van der Waals surface area contributed by atoms with Crippen LogP contribution in [0.2, 0.25) is 5.02 Å². The molecule has 0 fully saturated rings. The zero-order valence-electron chi connectivity index (χ0n) is 17.4. The second-order valence-corrected chi connectivity index (χ2v) is 8.88. The van der Waals surface area contributed by atoms with E-state index < -0.39 is 21.9 Å². The Bertz CT molecular complexity index is 1260. The first-order valence-electron chi connectivity index (χ1n) is 9.68. The van der Waals surface area contributed by atoms with Gasteiger partial charge in [0.25, 0.3) is 15.9 Å². The van der Waals surface area contributed by atoms with Crippen molar-refractivity contribution in [3.8, 4) is 0 Å². The number of amides is 1. The molecule has 0 saturated heterocycles. The maximum absolute atomic E-state index is 12.8. The van der Waals surface area contributed by atoms with Crippen molar-refractivity contribution < 1.29 is 22.7 Å². The van der Waals surface area contributed by atoms with Gasteiger partial charge < -0.3 is 10.1 Å². The topological polar surface area (TPSA) is 102 Å². The van der Waals surface area contributed by atoms with Crippen LogP contribution >= 0.6 is 11.6 Å². The average molecular weight is 473 g/mol. The first-order chi connectivity index (χ1) is 15.2. The summed E-state index contributed by atoms with van der Waals surface area (Å²) in [6.07, 6.45) is 0. The minimum Gasteiger partial charge on any atom is -0.462 e. The summed E-state index contributed by atoms with van der Waals surface area (Å²) in [4.78, 5) is 24.4. The number of nitrogens with one attached hydrogen (secondary N) is 2. The van der Waals surface area contributed by atoms with E-state index in [1.54, 1.807) is 62.4 Å². The van der Waals surface area contributed by atoms with Gasteiger partial charge in [0, 0.05) is 16.9 Å². The predicted molar refractivity (Wildman–Crippen MR) is 124 cm³/mol. The second-order valence-electron chi connectivity index (χ2n) is 6.82. The molecule has 0 unspecified atom stereocenters. The summed E-state index contributed by atoms with van der Waals surface area (Å²) in [5.41, 5.74) is 1.97. The van der Waals surface area contributed by atoms with Gasteiger partial charge in [0.1, 0.15) is 4.90 Å². The van der Waals surface area contributed by atoms with Crippen molar-refractivity contribution in [1.82, 2.24) is 0 Å². The van der Waals surface area contributed by atoms with E-state index in [0.717, 1.165) is 0 Å². The highest BCUT2D eigenvalue weighted by Crippen LogP contribution is 2.26. The van der Waals surface area contributed by atoms with Gasteiger partial charge in [0.2, 0.25) is 0 Å². The molecule has 1 amide bonds. The average Bonchev–Trinajstić information content (AvgIpc) is 2.75. The second kappa shape index (κ2) is 9.84. The summed E-state index contributed by atoms with van der Waals surface area (Å²) in [5, 5.41) is 2.71. The molecule has 0 aliphatic heterocycles. The molecule has 7 nitrogen and oxygen atoms in total. The van der Waals surface area contributed by atoms with Crippen molar-refractivity contribution in [2.45, 2.75) is 18.7 Å². The van der Waals surface area contributed by atoms with Crippen molar-refractivity contribution in [1.29, 1.82) is 0 Å². The van der Waals surface area contributed by atoms with Crippen LogP contribution in [-0.2, 0) is 14.8 Å². The number of rotatable bonds is 7. The van der Waals surface area contributed by atoms with Crippen LogP contribution in [0.3, 0.4) is 0 Å². The van der Waals surface area contributed by atoms with Crippen LogP contribution in [0.15, 0.2) is 71.6 Å². The molecular weight excluding hydrogens is 452 g/mol. The van der Waals surface area contributed by atoms with E-state index in [-0.39, 0.29) is 22.1 Å². The molecule has 0 heterocycles. The van der Waals surface area contributed by atoms with E-state index >= 15 is 0 Å². The van der Waals surface area contributed by atoms with E-state index in [4.69, 9.17) is 16.3 Å². The molecule has 3 rings (SSSR count). The summed E-state index contributed by atoms with van der Waals surface area (Å²) >= 11 is 6.12. The smallest absolute Gasteiger partial charge is 0.338 e. The van der Waals surface area contributed by atoms with Gasteiger partial charge in [-0.05, 0) is 67.9 Å². The van der Waals surface area contributed by atoms with Crippen LogP contribution in [0.4, 0.5) is 11.4 Å². The quantitative estimate of drug-likeness (QED) is 0.477. The number of anilines is 2. The molecule has 166 valence electrons.